The van der Waals surface area contributed by atoms with E-state index in [1.54, 1.807) is 0 Å². The van der Waals surface area contributed by atoms with Crippen molar-refractivity contribution in [2.75, 3.05) is 20.3 Å². The average Bonchev–Trinajstić information content (AvgIpc) is 3.13. The van der Waals surface area contributed by atoms with Gasteiger partial charge in [0.25, 0.3) is 0 Å². The van der Waals surface area contributed by atoms with E-state index in [4.69, 9.17) is 23.7 Å². The van der Waals surface area contributed by atoms with Gasteiger partial charge in [-0.3, -0.25) is 4.79 Å². The van der Waals surface area contributed by atoms with Gasteiger partial charge in [-0.1, -0.05) is 53.2 Å². The predicted octanol–water partition coefficient (Wildman–Crippen LogP) is 2.58. The van der Waals surface area contributed by atoms with Crippen LogP contribution < -0.4 is 0 Å². The summed E-state index contributed by atoms with van der Waals surface area (Å²) in [5, 5.41) is 75.0. The summed E-state index contributed by atoms with van der Waals surface area (Å²) < 4.78 is 29.8. The van der Waals surface area contributed by atoms with E-state index in [9.17, 15) is 40.5 Å². The van der Waals surface area contributed by atoms with Crippen LogP contribution in [0.1, 0.15) is 106 Å². The highest BCUT2D eigenvalue weighted by Crippen LogP contribution is 2.76. The molecule has 7 aliphatic rings. The van der Waals surface area contributed by atoms with Crippen LogP contribution in [0.2, 0.25) is 0 Å². The molecule has 13 nitrogen and oxygen atoms in total. The monoisotopic (exact) mass is 780 g/mol. The Morgan fingerprint density at radius 3 is 2.22 bits per heavy atom. The maximum Gasteiger partial charge on any atom is 0.312 e. The smallest absolute Gasteiger partial charge is 0.312 e. The summed E-state index contributed by atoms with van der Waals surface area (Å²) in [6, 6.07) is 0. The molecule has 0 bridgehead atoms. The number of carbonyl (C=O) groups is 1. The van der Waals surface area contributed by atoms with Gasteiger partial charge in [0.05, 0.1) is 37.4 Å². The van der Waals surface area contributed by atoms with Crippen LogP contribution in [0.15, 0.2) is 11.6 Å². The third kappa shape index (κ3) is 5.98. The highest BCUT2D eigenvalue weighted by molar-refractivity contribution is 5.79. The molecular weight excluding hydrogens is 712 g/mol. The Morgan fingerprint density at radius 1 is 0.836 bits per heavy atom. The van der Waals surface area contributed by atoms with Gasteiger partial charge in [0.1, 0.15) is 42.7 Å². The highest BCUT2D eigenvalue weighted by atomic mass is 16.8. The SMILES string of the molecule is COC(=O)C12CCC(C)C(C)(O)C1C1=CCC3C4(C)CCC(OC5OCC(O)C(O)C5OC5OC(CO)C(O)C(O)C5O)C(C)(C)C4CCC3(C)C1(C)CC2. The molecule has 0 aromatic rings. The molecule has 0 aromatic heterocycles. The molecule has 19 unspecified atom stereocenters. The van der Waals surface area contributed by atoms with E-state index >= 15 is 0 Å². The lowest BCUT2D eigenvalue weighted by atomic mass is 9.33. The molecule has 7 N–H and O–H groups in total. The first-order valence-electron chi connectivity index (χ1n) is 20.8. The molecule has 2 aliphatic heterocycles. The van der Waals surface area contributed by atoms with Gasteiger partial charge in [-0.05, 0) is 104 Å². The topological polar surface area (TPSA) is 205 Å². The van der Waals surface area contributed by atoms with Crippen LogP contribution in [0.3, 0.4) is 0 Å². The molecule has 55 heavy (non-hydrogen) atoms. The van der Waals surface area contributed by atoms with Crippen molar-refractivity contribution in [2.24, 2.45) is 50.7 Å². The van der Waals surface area contributed by atoms with Crippen molar-refractivity contribution in [1.29, 1.82) is 0 Å². The number of hydrogen-bond acceptors (Lipinski definition) is 13. The first-order chi connectivity index (χ1) is 25.7. The second kappa shape index (κ2) is 14.2. The summed E-state index contributed by atoms with van der Waals surface area (Å²) in [5.41, 5.74) is -1.24. The highest BCUT2D eigenvalue weighted by Gasteiger charge is 2.71. The van der Waals surface area contributed by atoms with Gasteiger partial charge >= 0.3 is 5.97 Å². The second-order valence-corrected chi connectivity index (χ2v) is 20.1. The standard InChI is InChI=1S/C42H68O13/c1-21-11-16-42(36(49)51-8)18-17-39(5)22(33(42)41(21,7)50)9-10-26-38(4)14-13-27(37(2,3)25(38)12-15-40(26,39)6)54-35-32(28(45)23(44)20-52-35)55-34-31(48)30(47)29(46)24(19-43)53-34/h9,21,23-35,43-48,50H,10-20H2,1-8H3. The number of esters is 1. The van der Waals surface area contributed by atoms with Gasteiger partial charge in [0, 0.05) is 5.92 Å². The summed E-state index contributed by atoms with van der Waals surface area (Å²) in [4.78, 5) is 13.7. The van der Waals surface area contributed by atoms with Crippen LogP contribution >= 0.6 is 0 Å². The Labute approximate surface area is 325 Å². The Hall–Kier alpha value is -1.23. The molecule has 0 spiro atoms. The number of aliphatic hydroxyl groups is 7. The maximum atomic E-state index is 13.7. The van der Waals surface area contributed by atoms with Crippen molar-refractivity contribution in [3.8, 4) is 0 Å². The zero-order valence-electron chi connectivity index (χ0n) is 34.0. The molecule has 0 amide bonds. The number of methoxy groups -OCH3 is 1. The summed E-state index contributed by atoms with van der Waals surface area (Å²) in [6.45, 7) is 15.0. The van der Waals surface area contributed by atoms with E-state index in [2.05, 4.69) is 47.6 Å². The van der Waals surface area contributed by atoms with E-state index in [0.717, 1.165) is 44.9 Å². The predicted molar refractivity (Wildman–Crippen MR) is 198 cm³/mol. The summed E-state index contributed by atoms with van der Waals surface area (Å²) >= 11 is 0. The quantitative estimate of drug-likeness (QED) is 0.118. The van der Waals surface area contributed by atoms with Gasteiger partial charge in [0.2, 0.25) is 0 Å². The van der Waals surface area contributed by atoms with E-state index in [0.29, 0.717) is 18.8 Å². The summed E-state index contributed by atoms with van der Waals surface area (Å²) in [5.74, 6) is 0.152. The van der Waals surface area contributed by atoms with Crippen LogP contribution in [0.4, 0.5) is 0 Å². The molecule has 4 saturated carbocycles. The van der Waals surface area contributed by atoms with Gasteiger partial charge in [0.15, 0.2) is 12.6 Å². The number of aliphatic hydroxyl groups excluding tert-OH is 6. The number of rotatable bonds is 6. The third-order valence-corrected chi connectivity index (χ3v) is 17.5. The number of fused-ring (bicyclic) bond motifs is 7. The molecule has 0 aromatic carbocycles. The summed E-state index contributed by atoms with van der Waals surface area (Å²) in [6.07, 6.45) is -3.41. The number of allylic oxidation sites excluding steroid dienone is 1. The fourth-order valence-electron chi connectivity index (χ4n) is 13.8. The van der Waals surface area contributed by atoms with E-state index < -0.39 is 72.9 Å². The Bertz CT molecular complexity index is 1480. The third-order valence-electron chi connectivity index (χ3n) is 17.5. The van der Waals surface area contributed by atoms with Crippen LogP contribution in [0, 0.1) is 50.7 Å². The lowest BCUT2D eigenvalue weighted by molar-refractivity contribution is -0.367. The first kappa shape index (κ1) is 41.9. The lowest BCUT2D eigenvalue weighted by Crippen LogP contribution is -2.68. The average molecular weight is 781 g/mol. The molecule has 314 valence electrons. The van der Waals surface area contributed by atoms with Gasteiger partial charge in [-0.15, -0.1) is 0 Å². The van der Waals surface area contributed by atoms with Crippen molar-refractivity contribution in [2.45, 2.75) is 173 Å². The zero-order chi connectivity index (χ0) is 40.3. The Balaban J connectivity index is 1.15. The molecule has 5 aliphatic carbocycles. The van der Waals surface area contributed by atoms with Gasteiger partial charge < -0.3 is 59.4 Å². The molecule has 13 heteroatoms. The minimum Gasteiger partial charge on any atom is -0.469 e. The molecular formula is C42H68O13. The first-order valence-corrected chi connectivity index (χ1v) is 20.8. The molecule has 6 fully saturated rings. The summed E-state index contributed by atoms with van der Waals surface area (Å²) in [7, 11) is 1.48. The van der Waals surface area contributed by atoms with Crippen LogP contribution in [-0.2, 0) is 28.5 Å². The number of carbonyl (C=O) groups excluding carboxylic acids is 1. The maximum absolute atomic E-state index is 13.7. The van der Waals surface area contributed by atoms with Crippen molar-refractivity contribution in [1.82, 2.24) is 0 Å². The van der Waals surface area contributed by atoms with Crippen LogP contribution in [0.5, 0.6) is 0 Å². The zero-order valence-corrected chi connectivity index (χ0v) is 34.0. The Kier molecular flexibility index (Phi) is 10.8. The fraction of sp³-hybridized carbons (Fsp3) is 0.929. The molecule has 7 rings (SSSR count). The van der Waals surface area contributed by atoms with Gasteiger partial charge in [-0.2, -0.15) is 0 Å². The van der Waals surface area contributed by atoms with Crippen molar-refractivity contribution < 1.29 is 64.2 Å². The van der Waals surface area contributed by atoms with Crippen molar-refractivity contribution in [3.05, 3.63) is 11.6 Å². The van der Waals surface area contributed by atoms with Gasteiger partial charge in [-0.25, -0.2) is 0 Å². The molecule has 2 saturated heterocycles. The van der Waals surface area contributed by atoms with E-state index in [1.807, 2.05) is 6.92 Å². The fourth-order valence-corrected chi connectivity index (χ4v) is 13.8. The minimum atomic E-state index is -1.70. The molecule has 19 atom stereocenters. The minimum absolute atomic E-state index is 0.0492. The number of ether oxygens (including phenoxy) is 5. The largest absolute Gasteiger partial charge is 0.469 e. The van der Waals surface area contributed by atoms with E-state index in [-0.39, 0.29) is 58.1 Å². The van der Waals surface area contributed by atoms with E-state index in [1.165, 1.54) is 12.7 Å². The van der Waals surface area contributed by atoms with Crippen LogP contribution in [-0.4, -0.2) is 129 Å². The van der Waals surface area contributed by atoms with Crippen molar-refractivity contribution >= 4 is 5.97 Å². The second-order valence-electron chi connectivity index (χ2n) is 20.1. The number of hydrogen-bond donors (Lipinski definition) is 7. The molecule has 0 radical (unpaired) electrons. The van der Waals surface area contributed by atoms with Crippen molar-refractivity contribution in [3.63, 3.8) is 0 Å². The normalized spacial score (nSPS) is 54.9. The van der Waals surface area contributed by atoms with Crippen LogP contribution in [0.25, 0.3) is 0 Å². The Morgan fingerprint density at radius 2 is 1.55 bits per heavy atom. The lowest BCUT2D eigenvalue weighted by Gasteiger charge is -2.72. The molecule has 2 heterocycles.